The normalized spacial score (nSPS) is 13.8. The molecule has 3 nitrogen and oxygen atoms in total. The summed E-state index contributed by atoms with van der Waals surface area (Å²) in [7, 11) is 0. The minimum atomic E-state index is -0.453. The van der Waals surface area contributed by atoms with E-state index in [9.17, 15) is 9.59 Å². The lowest BCUT2D eigenvalue weighted by molar-refractivity contribution is -0.114. The molecule has 0 radical (unpaired) electrons. The first-order chi connectivity index (χ1) is 9.56. The number of ketones is 1. The molecular weight excluding hydrogens is 318 g/mol. The van der Waals surface area contributed by atoms with Crippen molar-refractivity contribution in [3.63, 3.8) is 0 Å². The van der Waals surface area contributed by atoms with E-state index >= 15 is 0 Å². The minimum Gasteiger partial charge on any atom is -0.300 e. The van der Waals surface area contributed by atoms with Crippen molar-refractivity contribution < 1.29 is 9.59 Å². The molecule has 1 amide bonds. The Morgan fingerprint density at radius 2 is 1.90 bits per heavy atom. The topological polar surface area (TPSA) is 37.4 Å². The zero-order chi connectivity index (χ0) is 14.3. The van der Waals surface area contributed by atoms with Gasteiger partial charge in [0.05, 0.1) is 17.8 Å². The number of anilines is 1. The van der Waals surface area contributed by atoms with Crippen molar-refractivity contribution in [2.75, 3.05) is 4.90 Å². The highest BCUT2D eigenvalue weighted by Gasteiger charge is 2.35. The third-order valence-electron chi connectivity index (χ3n) is 3.36. The number of aryl methyl sites for hydroxylation is 1. The lowest BCUT2D eigenvalue weighted by atomic mass is 10.1. The molecule has 3 rings (SSSR count). The van der Waals surface area contributed by atoms with Gasteiger partial charge in [-0.3, -0.25) is 9.59 Å². The SMILES string of the molecule is Cc1ccc2c(c1)C(=O)C(=O)N2Cc1cccc(Br)c1. The second kappa shape index (κ2) is 4.87. The zero-order valence-electron chi connectivity index (χ0n) is 10.9. The number of Topliss-reactive ketones (excluding diaryl/α,β-unsaturated/α-hetero) is 1. The van der Waals surface area contributed by atoms with Gasteiger partial charge in [-0.1, -0.05) is 39.7 Å². The Kier molecular flexibility index (Phi) is 3.18. The van der Waals surface area contributed by atoms with Crippen LogP contribution in [0.3, 0.4) is 0 Å². The highest BCUT2D eigenvalue weighted by molar-refractivity contribution is 9.10. The second-order valence-electron chi connectivity index (χ2n) is 4.87. The molecule has 0 saturated carbocycles. The van der Waals surface area contributed by atoms with Gasteiger partial charge in [-0.05, 0) is 36.8 Å². The number of hydrogen-bond donors (Lipinski definition) is 0. The van der Waals surface area contributed by atoms with E-state index in [1.54, 1.807) is 11.0 Å². The van der Waals surface area contributed by atoms with E-state index in [0.717, 1.165) is 15.6 Å². The zero-order valence-corrected chi connectivity index (χ0v) is 12.5. The van der Waals surface area contributed by atoms with Gasteiger partial charge < -0.3 is 4.90 Å². The van der Waals surface area contributed by atoms with E-state index in [2.05, 4.69) is 15.9 Å². The average molecular weight is 330 g/mol. The predicted molar refractivity (Wildman–Crippen MR) is 80.8 cm³/mol. The Morgan fingerprint density at radius 1 is 1.10 bits per heavy atom. The number of benzene rings is 2. The first-order valence-electron chi connectivity index (χ1n) is 6.27. The Hall–Kier alpha value is -1.94. The number of carbonyl (C=O) groups excluding carboxylic acids is 2. The van der Waals surface area contributed by atoms with Gasteiger partial charge in [0.1, 0.15) is 0 Å². The number of amides is 1. The summed E-state index contributed by atoms with van der Waals surface area (Å²) in [6, 6.07) is 13.3. The Labute approximate surface area is 125 Å². The van der Waals surface area contributed by atoms with Gasteiger partial charge in [-0.25, -0.2) is 0 Å². The minimum absolute atomic E-state index is 0.403. The molecule has 2 aromatic carbocycles. The van der Waals surface area contributed by atoms with Crippen molar-refractivity contribution in [1.29, 1.82) is 0 Å². The Morgan fingerprint density at radius 3 is 2.65 bits per heavy atom. The fourth-order valence-corrected chi connectivity index (χ4v) is 2.84. The van der Waals surface area contributed by atoms with E-state index in [1.165, 1.54) is 0 Å². The molecule has 1 aliphatic heterocycles. The second-order valence-corrected chi connectivity index (χ2v) is 5.79. The van der Waals surface area contributed by atoms with E-state index in [4.69, 9.17) is 0 Å². The summed E-state index contributed by atoms with van der Waals surface area (Å²) in [5, 5.41) is 0. The number of rotatable bonds is 2. The summed E-state index contributed by atoms with van der Waals surface area (Å²) >= 11 is 3.41. The molecule has 0 aliphatic carbocycles. The summed E-state index contributed by atoms with van der Waals surface area (Å²) in [4.78, 5) is 25.7. The Balaban J connectivity index is 1.99. The summed E-state index contributed by atoms with van der Waals surface area (Å²) in [5.74, 6) is -0.871. The van der Waals surface area contributed by atoms with Gasteiger partial charge in [0.25, 0.3) is 11.7 Å². The maximum atomic E-state index is 12.1. The summed E-state index contributed by atoms with van der Waals surface area (Å²) in [6.45, 7) is 2.31. The Bertz CT molecular complexity index is 724. The van der Waals surface area contributed by atoms with Gasteiger partial charge in [-0.2, -0.15) is 0 Å². The summed E-state index contributed by atoms with van der Waals surface area (Å²) in [6.07, 6.45) is 0. The standard InChI is InChI=1S/C16H12BrNO2/c1-10-5-6-14-13(7-10)15(19)16(20)18(14)9-11-3-2-4-12(17)8-11/h2-8H,9H2,1H3. The van der Waals surface area contributed by atoms with Crippen LogP contribution in [0.15, 0.2) is 46.9 Å². The summed E-state index contributed by atoms with van der Waals surface area (Å²) < 4.78 is 0.956. The van der Waals surface area contributed by atoms with Crippen molar-refractivity contribution in [1.82, 2.24) is 0 Å². The van der Waals surface area contributed by atoms with Crippen LogP contribution in [0.1, 0.15) is 21.5 Å². The van der Waals surface area contributed by atoms with Crippen LogP contribution in [0.2, 0.25) is 0 Å². The van der Waals surface area contributed by atoms with Gasteiger partial charge in [-0.15, -0.1) is 0 Å². The molecule has 1 aliphatic rings. The van der Waals surface area contributed by atoms with Crippen LogP contribution in [0.25, 0.3) is 0 Å². The van der Waals surface area contributed by atoms with Crippen LogP contribution >= 0.6 is 15.9 Å². The van der Waals surface area contributed by atoms with Gasteiger partial charge in [0, 0.05) is 4.47 Å². The van der Waals surface area contributed by atoms with Gasteiger partial charge in [0.15, 0.2) is 0 Å². The molecule has 0 N–H and O–H groups in total. The number of fused-ring (bicyclic) bond motifs is 1. The monoisotopic (exact) mass is 329 g/mol. The van der Waals surface area contributed by atoms with Crippen LogP contribution in [-0.2, 0) is 11.3 Å². The molecule has 0 spiro atoms. The lowest BCUT2D eigenvalue weighted by Crippen LogP contribution is -2.29. The van der Waals surface area contributed by atoms with Crippen LogP contribution in [-0.4, -0.2) is 11.7 Å². The molecule has 0 saturated heterocycles. The number of halogens is 1. The van der Waals surface area contributed by atoms with E-state index in [0.29, 0.717) is 17.8 Å². The van der Waals surface area contributed by atoms with Gasteiger partial charge >= 0.3 is 0 Å². The smallest absolute Gasteiger partial charge is 0.299 e. The molecule has 0 atom stereocenters. The van der Waals surface area contributed by atoms with Crippen LogP contribution in [0.4, 0.5) is 5.69 Å². The number of hydrogen-bond acceptors (Lipinski definition) is 2. The van der Waals surface area contributed by atoms with Crippen molar-refractivity contribution in [3.8, 4) is 0 Å². The molecule has 100 valence electrons. The molecule has 0 unspecified atom stereocenters. The quantitative estimate of drug-likeness (QED) is 0.791. The molecule has 0 bridgehead atoms. The molecule has 0 fully saturated rings. The summed E-state index contributed by atoms with van der Waals surface area (Å²) in [5.41, 5.74) is 3.17. The van der Waals surface area contributed by atoms with Crippen LogP contribution in [0, 0.1) is 6.92 Å². The predicted octanol–water partition coefficient (Wildman–Crippen LogP) is 3.49. The molecule has 0 aromatic heterocycles. The van der Waals surface area contributed by atoms with Crippen LogP contribution < -0.4 is 4.90 Å². The largest absolute Gasteiger partial charge is 0.300 e. The fraction of sp³-hybridized carbons (Fsp3) is 0.125. The molecular formula is C16H12BrNO2. The van der Waals surface area contributed by atoms with Crippen LogP contribution in [0.5, 0.6) is 0 Å². The molecule has 2 aromatic rings. The molecule has 1 heterocycles. The number of nitrogens with zero attached hydrogens (tertiary/aromatic N) is 1. The number of carbonyl (C=O) groups is 2. The molecule has 4 heteroatoms. The van der Waals surface area contributed by atoms with Crippen molar-refractivity contribution in [2.24, 2.45) is 0 Å². The molecule has 20 heavy (non-hydrogen) atoms. The third kappa shape index (κ3) is 2.16. The van der Waals surface area contributed by atoms with Crippen molar-refractivity contribution >= 4 is 33.3 Å². The fourth-order valence-electron chi connectivity index (χ4n) is 2.39. The highest BCUT2D eigenvalue weighted by atomic mass is 79.9. The van der Waals surface area contributed by atoms with E-state index in [-0.39, 0.29) is 0 Å². The first kappa shape index (κ1) is 13.1. The van der Waals surface area contributed by atoms with Crippen molar-refractivity contribution in [3.05, 3.63) is 63.6 Å². The maximum absolute atomic E-state index is 12.1. The van der Waals surface area contributed by atoms with E-state index < -0.39 is 11.7 Å². The maximum Gasteiger partial charge on any atom is 0.299 e. The highest BCUT2D eigenvalue weighted by Crippen LogP contribution is 2.31. The van der Waals surface area contributed by atoms with Gasteiger partial charge in [0.2, 0.25) is 0 Å². The first-order valence-corrected chi connectivity index (χ1v) is 7.07. The van der Waals surface area contributed by atoms with Crippen molar-refractivity contribution in [2.45, 2.75) is 13.5 Å². The lowest BCUT2D eigenvalue weighted by Gasteiger charge is -2.16. The third-order valence-corrected chi connectivity index (χ3v) is 3.85. The van der Waals surface area contributed by atoms with E-state index in [1.807, 2.05) is 43.3 Å². The average Bonchev–Trinajstić information content (AvgIpc) is 2.64.